The van der Waals surface area contributed by atoms with E-state index in [0.717, 1.165) is 22.5 Å². The fourth-order valence-corrected chi connectivity index (χ4v) is 4.73. The molecule has 1 N–H and O–H groups in total. The number of fused-ring (bicyclic) bond motifs is 1. The predicted molar refractivity (Wildman–Crippen MR) is 126 cm³/mol. The number of rotatable bonds is 7. The maximum Gasteiger partial charge on any atom is 0.197 e. The second-order valence-electron chi connectivity index (χ2n) is 8.92. The van der Waals surface area contributed by atoms with Crippen LogP contribution in [0.1, 0.15) is 50.2 Å². The van der Waals surface area contributed by atoms with E-state index in [-0.39, 0.29) is 0 Å². The minimum atomic E-state index is 0.296. The van der Waals surface area contributed by atoms with Gasteiger partial charge in [-0.15, -0.1) is 0 Å². The van der Waals surface area contributed by atoms with Gasteiger partial charge in [-0.05, 0) is 36.1 Å². The summed E-state index contributed by atoms with van der Waals surface area (Å²) in [4.78, 5) is 6.80. The molecule has 5 rings (SSSR count). The molecule has 0 amide bonds. The van der Waals surface area contributed by atoms with Gasteiger partial charge < -0.3 is 9.64 Å². The number of benzene rings is 1. The summed E-state index contributed by atoms with van der Waals surface area (Å²) in [6.45, 7) is 10.2. The molecule has 1 aromatic carbocycles. The molecule has 1 aliphatic heterocycles. The number of pyridine rings is 1. The van der Waals surface area contributed by atoms with Crippen molar-refractivity contribution in [3.8, 4) is 28.3 Å². The molecule has 4 heterocycles. The van der Waals surface area contributed by atoms with Gasteiger partial charge >= 0.3 is 0 Å². The van der Waals surface area contributed by atoms with Crippen LogP contribution in [0.3, 0.4) is 0 Å². The third kappa shape index (κ3) is 3.56. The molecule has 32 heavy (non-hydrogen) atoms. The Morgan fingerprint density at radius 3 is 2.62 bits per heavy atom. The van der Waals surface area contributed by atoms with E-state index in [2.05, 4.69) is 65.1 Å². The monoisotopic (exact) mass is 430 g/mol. The van der Waals surface area contributed by atoms with Crippen LogP contribution >= 0.6 is 0 Å². The largest absolute Gasteiger partial charge is 0.493 e. The Bertz CT molecular complexity index is 1220. The average molecular weight is 431 g/mol. The van der Waals surface area contributed by atoms with Crippen molar-refractivity contribution in [2.45, 2.75) is 39.0 Å². The highest BCUT2D eigenvalue weighted by Crippen LogP contribution is 2.37. The number of hydrogen-bond acceptors (Lipinski definition) is 5. The Labute approximate surface area is 188 Å². The smallest absolute Gasteiger partial charge is 0.197 e. The quantitative estimate of drug-likeness (QED) is 0.459. The molecule has 1 aliphatic rings. The van der Waals surface area contributed by atoms with E-state index < -0.39 is 0 Å². The zero-order chi connectivity index (χ0) is 22.2. The SMILES string of the molecule is CCCN1CC(c2ccc(-c3[nH]nc(-c4cc(OC)c5ncnn5c4)c3C(C)C)cc2)C1. The van der Waals surface area contributed by atoms with Gasteiger partial charge in [-0.2, -0.15) is 10.2 Å². The standard InChI is InChI=1S/C25H30N6O/c1-5-10-30-12-20(13-30)17-6-8-18(9-7-17)23-22(16(2)3)24(29-28-23)19-11-21(32-4)25-26-15-27-31(25)14-19/h6-9,11,14-16,20H,5,10,12-13H2,1-4H3,(H,28,29). The molecular weight excluding hydrogens is 400 g/mol. The van der Waals surface area contributed by atoms with Gasteiger partial charge in [0.15, 0.2) is 11.4 Å². The highest BCUT2D eigenvalue weighted by molar-refractivity contribution is 5.76. The van der Waals surface area contributed by atoms with Gasteiger partial charge in [-0.1, -0.05) is 45.0 Å². The Morgan fingerprint density at radius 2 is 1.94 bits per heavy atom. The van der Waals surface area contributed by atoms with Crippen molar-refractivity contribution >= 4 is 5.65 Å². The number of aromatic amines is 1. The van der Waals surface area contributed by atoms with Gasteiger partial charge in [0, 0.05) is 36.3 Å². The topological polar surface area (TPSA) is 71.3 Å². The molecule has 0 spiro atoms. The van der Waals surface area contributed by atoms with Gasteiger partial charge in [0.2, 0.25) is 0 Å². The minimum Gasteiger partial charge on any atom is -0.493 e. The maximum atomic E-state index is 5.55. The lowest BCUT2D eigenvalue weighted by Crippen LogP contribution is -2.45. The lowest BCUT2D eigenvalue weighted by molar-refractivity contribution is 0.149. The average Bonchev–Trinajstić information content (AvgIpc) is 3.42. The molecular formula is C25H30N6O. The number of ether oxygens (including phenoxy) is 1. The molecule has 1 saturated heterocycles. The Morgan fingerprint density at radius 1 is 1.16 bits per heavy atom. The lowest BCUT2D eigenvalue weighted by Gasteiger charge is -2.39. The summed E-state index contributed by atoms with van der Waals surface area (Å²) in [6.07, 6.45) is 4.71. The second kappa shape index (κ2) is 8.39. The number of aromatic nitrogens is 5. The molecule has 0 unspecified atom stereocenters. The van der Waals surface area contributed by atoms with Gasteiger partial charge in [-0.3, -0.25) is 5.10 Å². The van der Waals surface area contributed by atoms with Gasteiger partial charge in [0.25, 0.3) is 0 Å². The predicted octanol–water partition coefficient (Wildman–Crippen LogP) is 4.73. The first-order valence-corrected chi connectivity index (χ1v) is 11.4. The van der Waals surface area contributed by atoms with Crippen molar-refractivity contribution < 1.29 is 4.74 Å². The summed E-state index contributed by atoms with van der Waals surface area (Å²) in [5.41, 5.74) is 7.42. The van der Waals surface area contributed by atoms with Crippen LogP contribution < -0.4 is 4.74 Å². The third-order valence-electron chi connectivity index (χ3n) is 6.38. The molecule has 7 nitrogen and oxygen atoms in total. The van der Waals surface area contributed by atoms with E-state index in [9.17, 15) is 0 Å². The molecule has 166 valence electrons. The van der Waals surface area contributed by atoms with Gasteiger partial charge in [0.05, 0.1) is 18.5 Å². The zero-order valence-electron chi connectivity index (χ0n) is 19.2. The summed E-state index contributed by atoms with van der Waals surface area (Å²) in [7, 11) is 1.65. The Hall–Kier alpha value is -3.19. The molecule has 0 saturated carbocycles. The molecule has 0 aliphatic carbocycles. The van der Waals surface area contributed by atoms with E-state index in [1.54, 1.807) is 11.6 Å². The number of nitrogens with one attached hydrogen (secondary N) is 1. The molecule has 1 fully saturated rings. The van der Waals surface area contributed by atoms with E-state index >= 15 is 0 Å². The van der Waals surface area contributed by atoms with Crippen LogP contribution in [-0.4, -0.2) is 56.4 Å². The number of nitrogens with zero attached hydrogens (tertiary/aromatic N) is 5. The van der Waals surface area contributed by atoms with Crippen LogP contribution in [0.15, 0.2) is 42.9 Å². The molecule has 0 atom stereocenters. The van der Waals surface area contributed by atoms with Crippen LogP contribution in [0.25, 0.3) is 28.2 Å². The maximum absolute atomic E-state index is 5.55. The van der Waals surface area contributed by atoms with E-state index in [4.69, 9.17) is 9.84 Å². The van der Waals surface area contributed by atoms with Crippen molar-refractivity contribution in [1.29, 1.82) is 0 Å². The van der Waals surface area contributed by atoms with Crippen molar-refractivity contribution in [3.05, 3.63) is 54.0 Å². The van der Waals surface area contributed by atoms with Crippen LogP contribution in [-0.2, 0) is 0 Å². The van der Waals surface area contributed by atoms with Crippen LogP contribution in [0.4, 0.5) is 0 Å². The highest BCUT2D eigenvalue weighted by Gasteiger charge is 2.27. The van der Waals surface area contributed by atoms with E-state index in [1.807, 2.05) is 12.3 Å². The fraction of sp³-hybridized carbons (Fsp3) is 0.400. The number of hydrogen-bond donors (Lipinski definition) is 1. The highest BCUT2D eigenvalue weighted by atomic mass is 16.5. The fourth-order valence-electron chi connectivity index (χ4n) is 4.73. The first-order chi connectivity index (χ1) is 15.6. The molecule has 7 heteroatoms. The van der Waals surface area contributed by atoms with Crippen LogP contribution in [0.5, 0.6) is 5.75 Å². The van der Waals surface area contributed by atoms with Crippen molar-refractivity contribution in [2.24, 2.45) is 0 Å². The summed E-state index contributed by atoms with van der Waals surface area (Å²) >= 11 is 0. The summed E-state index contributed by atoms with van der Waals surface area (Å²) in [6, 6.07) is 11.0. The van der Waals surface area contributed by atoms with Gasteiger partial charge in [0.1, 0.15) is 6.33 Å². The Kier molecular flexibility index (Phi) is 5.43. The Balaban J connectivity index is 1.48. The number of methoxy groups -OCH3 is 1. The normalized spacial score (nSPS) is 14.9. The lowest BCUT2D eigenvalue weighted by atomic mass is 9.89. The van der Waals surface area contributed by atoms with Crippen LogP contribution in [0.2, 0.25) is 0 Å². The van der Waals surface area contributed by atoms with Crippen molar-refractivity contribution in [1.82, 2.24) is 29.7 Å². The molecule has 3 aromatic heterocycles. The minimum absolute atomic E-state index is 0.296. The first kappa shape index (κ1) is 20.7. The molecule has 0 bridgehead atoms. The zero-order valence-corrected chi connectivity index (χ0v) is 19.2. The van der Waals surface area contributed by atoms with Gasteiger partial charge in [-0.25, -0.2) is 9.50 Å². The summed E-state index contributed by atoms with van der Waals surface area (Å²) in [5, 5.41) is 12.3. The van der Waals surface area contributed by atoms with Crippen molar-refractivity contribution in [2.75, 3.05) is 26.7 Å². The van der Waals surface area contributed by atoms with Crippen LogP contribution in [0, 0.1) is 0 Å². The first-order valence-electron chi connectivity index (χ1n) is 11.4. The molecule has 0 radical (unpaired) electrons. The summed E-state index contributed by atoms with van der Waals surface area (Å²) in [5.74, 6) is 1.63. The number of H-pyrrole nitrogens is 1. The second-order valence-corrected chi connectivity index (χ2v) is 8.92. The van der Waals surface area contributed by atoms with E-state index in [0.29, 0.717) is 23.2 Å². The van der Waals surface area contributed by atoms with E-state index in [1.165, 1.54) is 43.5 Å². The molecule has 4 aromatic rings. The number of likely N-dealkylation sites (tertiary alicyclic amines) is 1. The summed E-state index contributed by atoms with van der Waals surface area (Å²) < 4.78 is 7.29. The van der Waals surface area contributed by atoms with Crippen molar-refractivity contribution in [3.63, 3.8) is 0 Å². The third-order valence-corrected chi connectivity index (χ3v) is 6.38.